The van der Waals surface area contributed by atoms with Crippen LogP contribution in [0.1, 0.15) is 20.7 Å². The standard InChI is InChI=1S/C22H16N4O3S/c27-20(17-8-6-16(7-9-17)15-4-2-1-3-5-15)14-30-22-23-24-25-26(22)19-12-10-18(11-13-19)21(28)29/h1-13H,14H2,(H,28,29). The summed E-state index contributed by atoms with van der Waals surface area (Å²) in [6.45, 7) is 0. The number of aromatic carboxylic acids is 1. The highest BCUT2D eigenvalue weighted by Crippen LogP contribution is 2.22. The number of nitrogens with zero attached hydrogens (tertiary/aromatic N) is 4. The molecule has 0 aliphatic carbocycles. The zero-order valence-corrected chi connectivity index (χ0v) is 16.5. The largest absolute Gasteiger partial charge is 0.478 e. The molecule has 0 amide bonds. The molecule has 4 aromatic rings. The van der Waals surface area contributed by atoms with Gasteiger partial charge in [0.2, 0.25) is 5.16 Å². The van der Waals surface area contributed by atoms with E-state index in [9.17, 15) is 9.59 Å². The molecule has 0 fully saturated rings. The Balaban J connectivity index is 1.43. The Morgan fingerprint density at radius 2 is 1.47 bits per heavy atom. The van der Waals surface area contributed by atoms with E-state index in [1.807, 2.05) is 54.6 Å². The predicted molar refractivity (Wildman–Crippen MR) is 113 cm³/mol. The molecule has 7 nitrogen and oxygen atoms in total. The second-order valence-corrected chi connectivity index (χ2v) is 7.32. The van der Waals surface area contributed by atoms with E-state index in [1.54, 1.807) is 12.1 Å². The first kappa shape index (κ1) is 19.5. The Morgan fingerprint density at radius 1 is 0.833 bits per heavy atom. The highest BCUT2D eigenvalue weighted by Gasteiger charge is 2.13. The molecule has 1 aromatic heterocycles. The average Bonchev–Trinajstić information content (AvgIpc) is 3.27. The van der Waals surface area contributed by atoms with Crippen LogP contribution in [0, 0.1) is 0 Å². The predicted octanol–water partition coefficient (Wildman–Crippen LogP) is 4.00. The first-order valence-corrected chi connectivity index (χ1v) is 10.0. The van der Waals surface area contributed by atoms with Gasteiger partial charge in [0.15, 0.2) is 5.78 Å². The molecule has 8 heteroatoms. The van der Waals surface area contributed by atoms with Crippen molar-refractivity contribution < 1.29 is 14.7 Å². The molecule has 0 aliphatic heterocycles. The fraction of sp³-hybridized carbons (Fsp3) is 0.0455. The summed E-state index contributed by atoms with van der Waals surface area (Å²) in [5, 5.41) is 21.0. The normalized spacial score (nSPS) is 10.7. The van der Waals surface area contributed by atoms with Crippen LogP contribution in [-0.2, 0) is 0 Å². The highest BCUT2D eigenvalue weighted by atomic mass is 32.2. The summed E-state index contributed by atoms with van der Waals surface area (Å²) in [7, 11) is 0. The summed E-state index contributed by atoms with van der Waals surface area (Å²) in [6, 6.07) is 23.7. The molecule has 4 rings (SSSR count). The first-order chi connectivity index (χ1) is 14.6. The molecule has 0 saturated heterocycles. The van der Waals surface area contributed by atoms with Crippen molar-refractivity contribution in [2.75, 3.05) is 5.75 Å². The molecular formula is C22H16N4O3S. The van der Waals surface area contributed by atoms with Crippen molar-refractivity contribution in [1.29, 1.82) is 0 Å². The van der Waals surface area contributed by atoms with Gasteiger partial charge in [0, 0.05) is 5.56 Å². The minimum absolute atomic E-state index is 0.0320. The Morgan fingerprint density at radius 3 is 2.13 bits per heavy atom. The number of hydrogen-bond acceptors (Lipinski definition) is 6. The van der Waals surface area contributed by atoms with Gasteiger partial charge in [-0.15, -0.1) is 5.10 Å². The van der Waals surface area contributed by atoms with Crippen molar-refractivity contribution >= 4 is 23.5 Å². The molecule has 1 N–H and O–H groups in total. The van der Waals surface area contributed by atoms with E-state index in [-0.39, 0.29) is 17.1 Å². The van der Waals surface area contributed by atoms with Crippen LogP contribution in [0.5, 0.6) is 0 Å². The van der Waals surface area contributed by atoms with Gasteiger partial charge in [-0.2, -0.15) is 4.68 Å². The number of Topliss-reactive ketones (excluding diaryl/α,β-unsaturated/α-hetero) is 1. The average molecular weight is 416 g/mol. The van der Waals surface area contributed by atoms with Crippen molar-refractivity contribution in [3.05, 3.63) is 90.0 Å². The number of rotatable bonds is 7. The van der Waals surface area contributed by atoms with Gasteiger partial charge in [0.05, 0.1) is 17.0 Å². The summed E-state index contributed by atoms with van der Waals surface area (Å²) in [5.41, 5.74) is 3.56. The summed E-state index contributed by atoms with van der Waals surface area (Å²) in [4.78, 5) is 23.6. The molecule has 30 heavy (non-hydrogen) atoms. The third-order valence-corrected chi connectivity index (χ3v) is 5.37. The number of carboxylic acids is 1. The van der Waals surface area contributed by atoms with Crippen LogP contribution in [0.3, 0.4) is 0 Å². The number of benzene rings is 3. The lowest BCUT2D eigenvalue weighted by Gasteiger charge is -2.06. The van der Waals surface area contributed by atoms with Gasteiger partial charge < -0.3 is 5.11 Å². The lowest BCUT2D eigenvalue weighted by molar-refractivity contribution is 0.0696. The lowest BCUT2D eigenvalue weighted by Crippen LogP contribution is -2.05. The Hall–Kier alpha value is -3.78. The Bertz CT molecular complexity index is 1170. The topological polar surface area (TPSA) is 98.0 Å². The number of aromatic nitrogens is 4. The van der Waals surface area contributed by atoms with Gasteiger partial charge in [-0.05, 0) is 45.8 Å². The molecule has 0 unspecified atom stereocenters. The molecule has 0 spiro atoms. The number of carbonyl (C=O) groups is 2. The van der Waals surface area contributed by atoms with Crippen molar-refractivity contribution in [3.63, 3.8) is 0 Å². The maximum absolute atomic E-state index is 12.6. The van der Waals surface area contributed by atoms with Crippen LogP contribution in [0.2, 0.25) is 0 Å². The van der Waals surface area contributed by atoms with Crippen molar-refractivity contribution in [3.8, 4) is 16.8 Å². The van der Waals surface area contributed by atoms with Crippen LogP contribution in [0.25, 0.3) is 16.8 Å². The van der Waals surface area contributed by atoms with Crippen LogP contribution >= 0.6 is 11.8 Å². The third kappa shape index (κ3) is 4.28. The van der Waals surface area contributed by atoms with Gasteiger partial charge in [-0.3, -0.25) is 4.79 Å². The molecule has 0 bridgehead atoms. The SMILES string of the molecule is O=C(O)c1ccc(-n2nnnc2SCC(=O)c2ccc(-c3ccccc3)cc2)cc1. The molecule has 3 aromatic carbocycles. The molecule has 0 radical (unpaired) electrons. The van der Waals surface area contributed by atoms with Crippen LogP contribution in [0.4, 0.5) is 0 Å². The molecule has 0 saturated carbocycles. The van der Waals surface area contributed by atoms with E-state index in [0.29, 0.717) is 16.4 Å². The van der Waals surface area contributed by atoms with Crippen LogP contribution in [0.15, 0.2) is 84.0 Å². The molecule has 148 valence electrons. The Labute approximate surface area is 176 Å². The fourth-order valence-corrected chi connectivity index (χ4v) is 3.65. The van der Waals surface area contributed by atoms with Gasteiger partial charge in [-0.25, -0.2) is 4.79 Å². The molecular weight excluding hydrogens is 400 g/mol. The fourth-order valence-electron chi connectivity index (χ4n) is 2.87. The number of tetrazole rings is 1. The Kier molecular flexibility index (Phi) is 5.67. The third-order valence-electron chi connectivity index (χ3n) is 4.45. The zero-order chi connectivity index (χ0) is 20.9. The maximum atomic E-state index is 12.6. The van der Waals surface area contributed by atoms with E-state index in [2.05, 4.69) is 15.5 Å². The van der Waals surface area contributed by atoms with E-state index in [4.69, 9.17) is 5.11 Å². The maximum Gasteiger partial charge on any atom is 0.335 e. The number of thioether (sulfide) groups is 1. The molecule has 0 atom stereocenters. The van der Waals surface area contributed by atoms with Gasteiger partial charge in [-0.1, -0.05) is 66.4 Å². The summed E-state index contributed by atoms with van der Waals surface area (Å²) < 4.78 is 1.47. The number of hydrogen-bond donors (Lipinski definition) is 1. The summed E-state index contributed by atoms with van der Waals surface area (Å²) in [6.07, 6.45) is 0. The van der Waals surface area contributed by atoms with Gasteiger partial charge in [0.25, 0.3) is 0 Å². The smallest absolute Gasteiger partial charge is 0.335 e. The van der Waals surface area contributed by atoms with Gasteiger partial charge >= 0.3 is 5.97 Å². The van der Waals surface area contributed by atoms with E-state index in [0.717, 1.165) is 11.1 Å². The second kappa shape index (κ2) is 8.71. The lowest BCUT2D eigenvalue weighted by atomic mass is 10.0. The number of ketones is 1. The first-order valence-electron chi connectivity index (χ1n) is 9.05. The van der Waals surface area contributed by atoms with Gasteiger partial charge in [0.1, 0.15) is 0 Å². The number of carboxylic acid groups (broad SMARTS) is 1. The van der Waals surface area contributed by atoms with E-state index >= 15 is 0 Å². The molecule has 1 heterocycles. The van der Waals surface area contributed by atoms with Crippen LogP contribution in [-0.4, -0.2) is 42.8 Å². The minimum atomic E-state index is -1.00. The zero-order valence-electron chi connectivity index (χ0n) is 15.7. The quantitative estimate of drug-likeness (QED) is 0.359. The monoisotopic (exact) mass is 416 g/mol. The van der Waals surface area contributed by atoms with Crippen molar-refractivity contribution in [2.24, 2.45) is 0 Å². The highest BCUT2D eigenvalue weighted by molar-refractivity contribution is 7.99. The van der Waals surface area contributed by atoms with Crippen LogP contribution < -0.4 is 0 Å². The molecule has 0 aliphatic rings. The second-order valence-electron chi connectivity index (χ2n) is 6.38. The number of carbonyl (C=O) groups excluding carboxylic acids is 1. The van der Waals surface area contributed by atoms with E-state index < -0.39 is 5.97 Å². The van der Waals surface area contributed by atoms with E-state index in [1.165, 1.54) is 28.6 Å². The van der Waals surface area contributed by atoms with Crippen molar-refractivity contribution in [2.45, 2.75) is 5.16 Å². The summed E-state index contributed by atoms with van der Waals surface area (Å²) in [5.74, 6) is -0.856. The minimum Gasteiger partial charge on any atom is -0.478 e. The van der Waals surface area contributed by atoms with Crippen molar-refractivity contribution in [1.82, 2.24) is 20.2 Å². The summed E-state index contributed by atoms with van der Waals surface area (Å²) >= 11 is 1.22.